The number of methoxy groups -OCH3 is 2. The minimum Gasteiger partial charge on any atom is -0.493 e. The van der Waals surface area contributed by atoms with Crippen LogP contribution < -0.4 is 14.8 Å². The van der Waals surface area contributed by atoms with Crippen LogP contribution in [-0.2, 0) is 17.9 Å². The van der Waals surface area contributed by atoms with Gasteiger partial charge in [0, 0.05) is 25.8 Å². The maximum atomic E-state index is 13.6. The maximum absolute atomic E-state index is 13.6. The predicted molar refractivity (Wildman–Crippen MR) is 87.3 cm³/mol. The molecule has 5 heteroatoms. The van der Waals surface area contributed by atoms with Crippen LogP contribution in [0.25, 0.3) is 0 Å². The third-order valence-corrected chi connectivity index (χ3v) is 3.38. The van der Waals surface area contributed by atoms with Gasteiger partial charge in [-0.1, -0.05) is 24.3 Å². The van der Waals surface area contributed by atoms with E-state index in [-0.39, 0.29) is 12.4 Å². The van der Waals surface area contributed by atoms with Crippen LogP contribution in [0.3, 0.4) is 0 Å². The summed E-state index contributed by atoms with van der Waals surface area (Å²) in [6.45, 7) is 2.33. The van der Waals surface area contributed by atoms with E-state index in [9.17, 15) is 4.39 Å². The van der Waals surface area contributed by atoms with Crippen molar-refractivity contribution in [2.24, 2.45) is 0 Å². The molecule has 0 saturated carbocycles. The first-order valence-corrected chi connectivity index (χ1v) is 7.47. The summed E-state index contributed by atoms with van der Waals surface area (Å²) < 4.78 is 29.6. The van der Waals surface area contributed by atoms with Gasteiger partial charge in [0.1, 0.15) is 12.4 Å². The fraction of sp³-hybridized carbons (Fsp3) is 0.333. The lowest BCUT2D eigenvalue weighted by molar-refractivity contribution is 0.199. The van der Waals surface area contributed by atoms with Crippen molar-refractivity contribution in [2.75, 3.05) is 27.4 Å². The van der Waals surface area contributed by atoms with E-state index >= 15 is 0 Å². The van der Waals surface area contributed by atoms with Crippen molar-refractivity contribution >= 4 is 0 Å². The Bertz CT molecular complexity index is 619. The van der Waals surface area contributed by atoms with Crippen LogP contribution >= 0.6 is 0 Å². The molecule has 0 aromatic heterocycles. The summed E-state index contributed by atoms with van der Waals surface area (Å²) >= 11 is 0. The Morgan fingerprint density at radius 2 is 1.87 bits per heavy atom. The van der Waals surface area contributed by atoms with Gasteiger partial charge < -0.3 is 19.5 Å². The van der Waals surface area contributed by atoms with Crippen LogP contribution in [-0.4, -0.2) is 27.4 Å². The molecule has 0 heterocycles. The Morgan fingerprint density at radius 3 is 2.61 bits per heavy atom. The van der Waals surface area contributed by atoms with Gasteiger partial charge in [0.15, 0.2) is 11.5 Å². The predicted octanol–water partition coefficient (Wildman–Crippen LogP) is 3.15. The summed E-state index contributed by atoms with van der Waals surface area (Å²) in [5.74, 6) is 0.953. The molecule has 0 aliphatic carbocycles. The summed E-state index contributed by atoms with van der Waals surface area (Å²) in [5, 5.41) is 3.27. The van der Waals surface area contributed by atoms with Crippen molar-refractivity contribution < 1.29 is 18.6 Å². The highest BCUT2D eigenvalue weighted by Gasteiger charge is 2.08. The lowest BCUT2D eigenvalue weighted by Crippen LogP contribution is -2.18. The molecule has 0 atom stereocenters. The molecule has 0 bridgehead atoms. The summed E-state index contributed by atoms with van der Waals surface area (Å²) in [4.78, 5) is 0. The number of ether oxygens (including phenoxy) is 3. The second-order valence-electron chi connectivity index (χ2n) is 5.03. The van der Waals surface area contributed by atoms with Gasteiger partial charge in [-0.2, -0.15) is 0 Å². The monoisotopic (exact) mass is 319 g/mol. The van der Waals surface area contributed by atoms with E-state index in [0.717, 1.165) is 12.1 Å². The number of nitrogens with one attached hydrogen (secondary N) is 1. The maximum Gasteiger partial charge on any atom is 0.161 e. The molecular weight excluding hydrogens is 297 g/mol. The molecule has 1 N–H and O–H groups in total. The van der Waals surface area contributed by atoms with Gasteiger partial charge in [0.25, 0.3) is 0 Å². The van der Waals surface area contributed by atoms with Crippen LogP contribution in [0.15, 0.2) is 42.5 Å². The minimum absolute atomic E-state index is 0.161. The lowest BCUT2D eigenvalue weighted by Gasteiger charge is -2.13. The fourth-order valence-electron chi connectivity index (χ4n) is 2.12. The second kappa shape index (κ2) is 9.12. The first kappa shape index (κ1) is 17.2. The smallest absolute Gasteiger partial charge is 0.161 e. The molecule has 0 fully saturated rings. The average molecular weight is 319 g/mol. The van der Waals surface area contributed by atoms with Crippen LogP contribution in [0.4, 0.5) is 4.39 Å². The van der Waals surface area contributed by atoms with Gasteiger partial charge in [-0.15, -0.1) is 0 Å². The van der Waals surface area contributed by atoms with E-state index in [0.29, 0.717) is 30.2 Å². The number of benzene rings is 2. The van der Waals surface area contributed by atoms with Crippen molar-refractivity contribution in [3.05, 3.63) is 59.4 Å². The zero-order chi connectivity index (χ0) is 16.5. The van der Waals surface area contributed by atoms with Gasteiger partial charge in [-0.05, 0) is 23.8 Å². The van der Waals surface area contributed by atoms with Gasteiger partial charge in [-0.25, -0.2) is 4.39 Å². The average Bonchev–Trinajstić information content (AvgIpc) is 2.58. The highest BCUT2D eigenvalue weighted by Crippen LogP contribution is 2.29. The Balaban J connectivity index is 1.97. The van der Waals surface area contributed by atoms with E-state index in [1.54, 1.807) is 32.4 Å². The zero-order valence-electron chi connectivity index (χ0n) is 13.5. The molecule has 0 saturated heterocycles. The molecular formula is C18H22FNO3. The number of rotatable bonds is 9. The van der Waals surface area contributed by atoms with Crippen LogP contribution in [0.5, 0.6) is 11.5 Å². The Labute approximate surface area is 136 Å². The van der Waals surface area contributed by atoms with Crippen molar-refractivity contribution in [2.45, 2.75) is 13.2 Å². The fourth-order valence-corrected chi connectivity index (χ4v) is 2.12. The van der Waals surface area contributed by atoms with E-state index in [4.69, 9.17) is 14.2 Å². The molecule has 0 amide bonds. The van der Waals surface area contributed by atoms with Crippen molar-refractivity contribution in [3.8, 4) is 11.5 Å². The quantitative estimate of drug-likeness (QED) is 0.721. The lowest BCUT2D eigenvalue weighted by atomic mass is 10.2. The van der Waals surface area contributed by atoms with E-state index in [1.165, 1.54) is 6.07 Å². The summed E-state index contributed by atoms with van der Waals surface area (Å²) in [7, 11) is 3.26. The van der Waals surface area contributed by atoms with E-state index in [1.807, 2.05) is 18.2 Å². The molecule has 2 rings (SSSR count). The van der Waals surface area contributed by atoms with Crippen molar-refractivity contribution in [3.63, 3.8) is 0 Å². The molecule has 2 aromatic rings. The summed E-state index contributed by atoms with van der Waals surface area (Å²) in [6.07, 6.45) is 0. The normalized spacial score (nSPS) is 10.6. The third kappa shape index (κ3) is 5.23. The molecule has 0 spiro atoms. The zero-order valence-corrected chi connectivity index (χ0v) is 13.5. The molecule has 0 aliphatic heterocycles. The topological polar surface area (TPSA) is 39.7 Å². The van der Waals surface area contributed by atoms with Crippen molar-refractivity contribution in [1.29, 1.82) is 0 Å². The number of halogens is 1. The van der Waals surface area contributed by atoms with Crippen molar-refractivity contribution in [1.82, 2.24) is 5.32 Å². The number of hydrogen-bond donors (Lipinski definition) is 1. The minimum atomic E-state index is -0.273. The SMILES string of the molecule is COCCNCc1ccc(OCc2ccccc2F)c(OC)c1. The van der Waals surface area contributed by atoms with Crippen LogP contribution in [0.2, 0.25) is 0 Å². The summed E-state index contributed by atoms with van der Waals surface area (Å²) in [6, 6.07) is 12.3. The molecule has 124 valence electrons. The number of hydrogen-bond acceptors (Lipinski definition) is 4. The largest absolute Gasteiger partial charge is 0.493 e. The van der Waals surface area contributed by atoms with E-state index in [2.05, 4.69) is 5.32 Å². The highest BCUT2D eigenvalue weighted by molar-refractivity contribution is 5.43. The molecule has 0 unspecified atom stereocenters. The molecule has 23 heavy (non-hydrogen) atoms. The molecule has 0 radical (unpaired) electrons. The van der Waals surface area contributed by atoms with Gasteiger partial charge in [0.05, 0.1) is 13.7 Å². The molecule has 0 aliphatic rings. The Morgan fingerprint density at radius 1 is 1.04 bits per heavy atom. The van der Waals surface area contributed by atoms with E-state index < -0.39 is 0 Å². The highest BCUT2D eigenvalue weighted by atomic mass is 19.1. The third-order valence-electron chi connectivity index (χ3n) is 3.38. The van der Waals surface area contributed by atoms with Crippen LogP contribution in [0, 0.1) is 5.82 Å². The Hall–Kier alpha value is -2.11. The molecule has 2 aromatic carbocycles. The first-order valence-electron chi connectivity index (χ1n) is 7.47. The van der Waals surface area contributed by atoms with Crippen LogP contribution in [0.1, 0.15) is 11.1 Å². The van der Waals surface area contributed by atoms with Gasteiger partial charge in [0.2, 0.25) is 0 Å². The van der Waals surface area contributed by atoms with Gasteiger partial charge >= 0.3 is 0 Å². The second-order valence-corrected chi connectivity index (χ2v) is 5.03. The first-order chi connectivity index (χ1) is 11.2. The van der Waals surface area contributed by atoms with Gasteiger partial charge in [-0.3, -0.25) is 0 Å². The summed E-state index contributed by atoms with van der Waals surface area (Å²) in [5.41, 5.74) is 1.59. The standard InChI is InChI=1S/C18H22FNO3/c1-21-10-9-20-12-14-7-8-17(18(11-14)22-2)23-13-15-5-3-4-6-16(15)19/h3-8,11,20H,9-10,12-13H2,1-2H3. The Kier molecular flexibility index (Phi) is 6.84. The molecule has 4 nitrogen and oxygen atoms in total.